The lowest BCUT2D eigenvalue weighted by Crippen LogP contribution is -2.20. The predicted molar refractivity (Wildman–Crippen MR) is 79.5 cm³/mol. The maximum atomic E-state index is 11.2. The molecule has 2 rings (SSSR count). The van der Waals surface area contributed by atoms with Crippen molar-refractivity contribution in [1.29, 1.82) is 0 Å². The van der Waals surface area contributed by atoms with Crippen LogP contribution in [0, 0.1) is 5.92 Å². The van der Waals surface area contributed by atoms with Gasteiger partial charge in [0.2, 0.25) is 5.82 Å². The summed E-state index contributed by atoms with van der Waals surface area (Å²) in [6.45, 7) is 4.03. The van der Waals surface area contributed by atoms with Crippen LogP contribution < -0.4 is 0 Å². The molecule has 0 aliphatic heterocycles. The van der Waals surface area contributed by atoms with E-state index in [2.05, 4.69) is 20.4 Å². The van der Waals surface area contributed by atoms with Gasteiger partial charge in [0.15, 0.2) is 6.04 Å². The van der Waals surface area contributed by atoms with Gasteiger partial charge < -0.3 is 5.11 Å². The molecule has 21 heavy (non-hydrogen) atoms. The van der Waals surface area contributed by atoms with Crippen LogP contribution in [0.2, 0.25) is 0 Å². The minimum Gasteiger partial charge on any atom is -0.480 e. The lowest BCUT2D eigenvalue weighted by Gasteiger charge is -2.11. The highest BCUT2D eigenvalue weighted by atomic mass is 16.4. The summed E-state index contributed by atoms with van der Waals surface area (Å²) >= 11 is 0. The first-order valence-electron chi connectivity index (χ1n) is 6.96. The molecule has 0 fully saturated rings. The first-order chi connectivity index (χ1) is 10.1. The third kappa shape index (κ3) is 3.81. The molecule has 0 saturated heterocycles. The highest BCUT2D eigenvalue weighted by Gasteiger charge is 2.19. The van der Waals surface area contributed by atoms with Crippen molar-refractivity contribution in [2.24, 2.45) is 16.1 Å². The van der Waals surface area contributed by atoms with E-state index < -0.39 is 12.0 Å². The Labute approximate surface area is 122 Å². The highest BCUT2D eigenvalue weighted by molar-refractivity contribution is 5.89. The lowest BCUT2D eigenvalue weighted by atomic mass is 10.00. The third-order valence-corrected chi connectivity index (χ3v) is 3.45. The van der Waals surface area contributed by atoms with Crippen LogP contribution in [0.15, 0.2) is 40.7 Å². The first-order valence-corrected chi connectivity index (χ1v) is 6.96. The van der Waals surface area contributed by atoms with Crippen LogP contribution in [-0.4, -0.2) is 27.3 Å². The van der Waals surface area contributed by atoms with Crippen LogP contribution >= 0.6 is 0 Å². The Morgan fingerprint density at radius 1 is 1.38 bits per heavy atom. The fourth-order valence-corrected chi connectivity index (χ4v) is 1.96. The van der Waals surface area contributed by atoms with E-state index in [9.17, 15) is 9.90 Å². The van der Waals surface area contributed by atoms with E-state index >= 15 is 0 Å². The number of hydrogen-bond acceptors (Lipinski definition) is 5. The van der Waals surface area contributed by atoms with Crippen molar-refractivity contribution >= 4 is 22.6 Å². The number of azo groups is 1. The maximum absolute atomic E-state index is 11.2. The average Bonchev–Trinajstić information content (AvgIpc) is 2.50. The van der Waals surface area contributed by atoms with Gasteiger partial charge in [0.1, 0.15) is 0 Å². The summed E-state index contributed by atoms with van der Waals surface area (Å²) < 4.78 is 0. The number of aromatic nitrogens is 2. The Balaban J connectivity index is 2.26. The molecule has 0 radical (unpaired) electrons. The van der Waals surface area contributed by atoms with E-state index in [0.717, 1.165) is 17.2 Å². The summed E-state index contributed by atoms with van der Waals surface area (Å²) in [6.07, 6.45) is 3.02. The van der Waals surface area contributed by atoms with Gasteiger partial charge in [-0.05, 0) is 12.3 Å². The molecule has 0 saturated carbocycles. The van der Waals surface area contributed by atoms with Gasteiger partial charge in [-0.15, -0.1) is 10.2 Å². The van der Waals surface area contributed by atoms with Crippen molar-refractivity contribution in [3.63, 3.8) is 0 Å². The second-order valence-electron chi connectivity index (χ2n) is 5.07. The van der Waals surface area contributed by atoms with Gasteiger partial charge in [-0.25, -0.2) is 4.79 Å². The van der Waals surface area contributed by atoms with E-state index in [4.69, 9.17) is 0 Å². The van der Waals surface area contributed by atoms with Gasteiger partial charge in [-0.1, -0.05) is 44.5 Å². The van der Waals surface area contributed by atoms with Gasteiger partial charge in [0.05, 0.1) is 6.20 Å². The van der Waals surface area contributed by atoms with E-state index in [1.165, 1.54) is 0 Å². The summed E-state index contributed by atoms with van der Waals surface area (Å²) in [5.41, 5.74) is 0. The van der Waals surface area contributed by atoms with E-state index in [0.29, 0.717) is 12.2 Å². The molecule has 2 atom stereocenters. The van der Waals surface area contributed by atoms with Crippen molar-refractivity contribution in [3.05, 3.63) is 30.5 Å². The zero-order valence-corrected chi connectivity index (χ0v) is 12.1. The monoisotopic (exact) mass is 286 g/mol. The van der Waals surface area contributed by atoms with Gasteiger partial charge in [-0.2, -0.15) is 10.2 Å². The van der Waals surface area contributed by atoms with Crippen molar-refractivity contribution in [3.8, 4) is 0 Å². The topological polar surface area (TPSA) is 87.8 Å². The molecule has 1 aromatic heterocycles. The van der Waals surface area contributed by atoms with E-state index in [1.54, 1.807) is 6.20 Å². The van der Waals surface area contributed by atoms with Crippen LogP contribution in [0.5, 0.6) is 0 Å². The molecule has 0 spiro atoms. The number of rotatable bonds is 6. The summed E-state index contributed by atoms with van der Waals surface area (Å²) in [7, 11) is 0. The summed E-state index contributed by atoms with van der Waals surface area (Å²) in [4.78, 5) is 11.2. The Hall–Kier alpha value is -2.37. The van der Waals surface area contributed by atoms with Crippen molar-refractivity contribution in [2.45, 2.75) is 32.7 Å². The van der Waals surface area contributed by atoms with Crippen LogP contribution in [0.25, 0.3) is 10.8 Å². The molecule has 2 aromatic rings. The normalized spacial score (nSPS) is 14.4. The van der Waals surface area contributed by atoms with Crippen molar-refractivity contribution < 1.29 is 9.90 Å². The fraction of sp³-hybridized carbons (Fsp3) is 0.400. The number of aliphatic carboxylic acids is 1. The number of nitrogens with zero attached hydrogens (tertiary/aromatic N) is 4. The summed E-state index contributed by atoms with van der Waals surface area (Å²) in [5, 5.41) is 26.7. The molecule has 6 heteroatoms. The molecule has 6 nitrogen and oxygen atoms in total. The average molecular weight is 286 g/mol. The third-order valence-electron chi connectivity index (χ3n) is 3.45. The van der Waals surface area contributed by atoms with Crippen LogP contribution in [0.3, 0.4) is 0 Å². The molecular weight excluding hydrogens is 268 g/mol. The maximum Gasteiger partial charge on any atom is 0.330 e. The standard InChI is InChI=1S/C15H18N4O2/c1-3-10(2)8-13(15(20)21)17-19-14-12-7-5-4-6-11(12)9-16-18-14/h4-7,9-10,13H,3,8H2,1-2H3,(H,20,21). The Kier molecular flexibility index (Phi) is 4.92. The quantitative estimate of drug-likeness (QED) is 0.822. The Morgan fingerprint density at radius 2 is 2.14 bits per heavy atom. The molecule has 0 aliphatic carbocycles. The number of carboxylic acid groups (broad SMARTS) is 1. The smallest absolute Gasteiger partial charge is 0.330 e. The van der Waals surface area contributed by atoms with Gasteiger partial charge in [-0.3, -0.25) is 0 Å². The minimum absolute atomic E-state index is 0.281. The van der Waals surface area contributed by atoms with Crippen molar-refractivity contribution in [1.82, 2.24) is 10.2 Å². The molecular formula is C15H18N4O2. The van der Waals surface area contributed by atoms with Gasteiger partial charge >= 0.3 is 5.97 Å². The number of hydrogen-bond donors (Lipinski definition) is 1. The fourth-order valence-electron chi connectivity index (χ4n) is 1.96. The second-order valence-corrected chi connectivity index (χ2v) is 5.07. The molecule has 0 bridgehead atoms. The predicted octanol–water partition coefficient (Wildman–Crippen LogP) is 3.60. The van der Waals surface area contributed by atoms with Gasteiger partial charge in [0, 0.05) is 10.8 Å². The molecule has 0 aliphatic rings. The molecule has 1 heterocycles. The van der Waals surface area contributed by atoms with Crippen LogP contribution in [0.1, 0.15) is 26.7 Å². The highest BCUT2D eigenvalue weighted by Crippen LogP contribution is 2.23. The van der Waals surface area contributed by atoms with Crippen LogP contribution in [-0.2, 0) is 4.79 Å². The SMILES string of the molecule is CCC(C)CC(N=Nc1nncc2ccccc12)C(=O)O. The first kappa shape index (κ1) is 15.0. The van der Waals surface area contributed by atoms with Gasteiger partial charge in [0.25, 0.3) is 0 Å². The lowest BCUT2D eigenvalue weighted by molar-refractivity contribution is -0.139. The van der Waals surface area contributed by atoms with E-state index in [-0.39, 0.29) is 5.92 Å². The molecule has 110 valence electrons. The summed E-state index contributed by atoms with van der Waals surface area (Å²) in [5.74, 6) is -0.334. The summed E-state index contributed by atoms with van der Waals surface area (Å²) in [6, 6.07) is 6.69. The number of carbonyl (C=O) groups is 1. The van der Waals surface area contributed by atoms with Crippen molar-refractivity contribution in [2.75, 3.05) is 0 Å². The molecule has 2 unspecified atom stereocenters. The Bertz CT molecular complexity index is 652. The number of fused-ring (bicyclic) bond motifs is 1. The van der Waals surface area contributed by atoms with E-state index in [1.807, 2.05) is 38.1 Å². The Morgan fingerprint density at radius 3 is 2.86 bits per heavy atom. The molecule has 0 amide bonds. The molecule has 1 N–H and O–H groups in total. The largest absolute Gasteiger partial charge is 0.480 e. The zero-order valence-electron chi connectivity index (χ0n) is 12.1. The zero-order chi connectivity index (χ0) is 15.2. The minimum atomic E-state index is -0.966. The molecule has 1 aromatic carbocycles. The number of benzene rings is 1. The number of carboxylic acids is 1. The van der Waals surface area contributed by atoms with Crippen LogP contribution in [0.4, 0.5) is 5.82 Å². The second kappa shape index (κ2) is 6.88.